The lowest BCUT2D eigenvalue weighted by atomic mass is 10.2. The topological polar surface area (TPSA) is 90.6 Å². The summed E-state index contributed by atoms with van der Waals surface area (Å²) in [6, 6.07) is -0.634. The van der Waals surface area contributed by atoms with Crippen LogP contribution in [-0.4, -0.2) is 36.9 Å². The Balaban J connectivity index is 3.67. The summed E-state index contributed by atoms with van der Waals surface area (Å²) in [4.78, 5) is 22.5. The van der Waals surface area contributed by atoms with Gasteiger partial charge in [-0.15, -0.1) is 0 Å². The molecule has 0 rings (SSSR count). The number of hydrogen-bond acceptors (Lipinski definition) is 5. The summed E-state index contributed by atoms with van der Waals surface area (Å²) in [5.41, 5.74) is 5.09. The first-order valence-corrected chi connectivity index (χ1v) is 6.15. The van der Waals surface area contributed by atoms with Crippen LogP contribution in [0.1, 0.15) is 40.5 Å². The Kier molecular flexibility index (Phi) is 7.35. The molecule has 0 heterocycles. The van der Waals surface area contributed by atoms with Crippen molar-refractivity contribution in [3.05, 3.63) is 0 Å². The van der Waals surface area contributed by atoms with E-state index in [1.807, 2.05) is 0 Å². The van der Waals surface area contributed by atoms with Gasteiger partial charge in [-0.3, -0.25) is 4.79 Å². The molecule has 1 atom stereocenters. The number of carbonyl (C=O) groups is 2. The van der Waals surface area contributed by atoms with Crippen molar-refractivity contribution in [3.8, 4) is 0 Å². The molecule has 1 amide bonds. The van der Waals surface area contributed by atoms with Gasteiger partial charge in [-0.25, -0.2) is 4.79 Å². The summed E-state index contributed by atoms with van der Waals surface area (Å²) in [5.74, 6) is -0.408. The SMILES string of the molecule is CCOC(=O)C(N)CCCNC(=O)OC(C)(C)C. The van der Waals surface area contributed by atoms with E-state index in [-0.39, 0.29) is 0 Å². The fourth-order valence-electron chi connectivity index (χ4n) is 1.19. The van der Waals surface area contributed by atoms with Crippen LogP contribution in [0.4, 0.5) is 4.79 Å². The molecular formula is C12H24N2O4. The van der Waals surface area contributed by atoms with E-state index in [1.165, 1.54) is 0 Å². The second kappa shape index (κ2) is 7.92. The predicted octanol–water partition coefficient (Wildman–Crippen LogP) is 1.18. The summed E-state index contributed by atoms with van der Waals surface area (Å²) < 4.78 is 9.83. The third kappa shape index (κ3) is 8.81. The van der Waals surface area contributed by atoms with Gasteiger partial charge in [0.15, 0.2) is 0 Å². The van der Waals surface area contributed by atoms with E-state index in [2.05, 4.69) is 5.32 Å². The van der Waals surface area contributed by atoms with Gasteiger partial charge in [-0.1, -0.05) is 0 Å². The van der Waals surface area contributed by atoms with Crippen LogP contribution in [-0.2, 0) is 14.3 Å². The van der Waals surface area contributed by atoms with Crippen molar-refractivity contribution < 1.29 is 19.1 Å². The molecule has 0 saturated heterocycles. The van der Waals surface area contributed by atoms with E-state index >= 15 is 0 Å². The van der Waals surface area contributed by atoms with Crippen molar-refractivity contribution in [1.82, 2.24) is 5.32 Å². The zero-order chi connectivity index (χ0) is 14.2. The zero-order valence-corrected chi connectivity index (χ0v) is 11.6. The molecule has 0 aliphatic carbocycles. The summed E-state index contributed by atoms with van der Waals surface area (Å²) in [6.07, 6.45) is 0.598. The fraction of sp³-hybridized carbons (Fsp3) is 0.833. The lowest BCUT2D eigenvalue weighted by Crippen LogP contribution is -2.35. The van der Waals surface area contributed by atoms with Crippen LogP contribution in [0.15, 0.2) is 0 Å². The smallest absolute Gasteiger partial charge is 0.407 e. The lowest BCUT2D eigenvalue weighted by molar-refractivity contribution is -0.144. The van der Waals surface area contributed by atoms with Crippen molar-refractivity contribution in [2.75, 3.05) is 13.2 Å². The largest absolute Gasteiger partial charge is 0.465 e. The van der Waals surface area contributed by atoms with Gasteiger partial charge in [0.25, 0.3) is 0 Å². The van der Waals surface area contributed by atoms with Crippen LogP contribution >= 0.6 is 0 Å². The number of amides is 1. The summed E-state index contributed by atoms with van der Waals surface area (Å²) in [6.45, 7) is 7.86. The highest BCUT2D eigenvalue weighted by atomic mass is 16.6. The van der Waals surface area contributed by atoms with E-state index in [0.717, 1.165) is 0 Å². The van der Waals surface area contributed by atoms with E-state index in [0.29, 0.717) is 26.0 Å². The van der Waals surface area contributed by atoms with Gasteiger partial charge < -0.3 is 20.5 Å². The Labute approximate surface area is 108 Å². The summed E-state index contributed by atoms with van der Waals surface area (Å²) in [7, 11) is 0. The zero-order valence-electron chi connectivity index (χ0n) is 11.6. The molecule has 0 aromatic rings. The molecule has 3 N–H and O–H groups in total. The van der Waals surface area contributed by atoms with Gasteiger partial charge in [0.1, 0.15) is 11.6 Å². The summed E-state index contributed by atoms with van der Waals surface area (Å²) >= 11 is 0. The number of alkyl carbamates (subject to hydrolysis) is 1. The number of hydrogen-bond donors (Lipinski definition) is 2. The molecule has 0 bridgehead atoms. The van der Waals surface area contributed by atoms with E-state index < -0.39 is 23.7 Å². The normalized spacial score (nSPS) is 12.7. The first-order valence-electron chi connectivity index (χ1n) is 6.15. The number of nitrogens with two attached hydrogens (primary N) is 1. The van der Waals surface area contributed by atoms with E-state index in [9.17, 15) is 9.59 Å². The molecule has 0 aliphatic heterocycles. The van der Waals surface area contributed by atoms with Crippen molar-refractivity contribution in [2.45, 2.75) is 52.2 Å². The fourth-order valence-corrected chi connectivity index (χ4v) is 1.19. The minimum atomic E-state index is -0.634. The van der Waals surface area contributed by atoms with Crippen molar-refractivity contribution in [1.29, 1.82) is 0 Å². The molecule has 1 unspecified atom stereocenters. The minimum Gasteiger partial charge on any atom is -0.465 e. The molecular weight excluding hydrogens is 236 g/mol. The molecule has 106 valence electrons. The van der Waals surface area contributed by atoms with Gasteiger partial charge >= 0.3 is 12.1 Å². The molecule has 0 aromatic heterocycles. The molecule has 0 fully saturated rings. The van der Waals surface area contributed by atoms with Gasteiger partial charge in [0.05, 0.1) is 6.61 Å². The third-order valence-electron chi connectivity index (χ3n) is 1.95. The Morgan fingerprint density at radius 1 is 1.33 bits per heavy atom. The van der Waals surface area contributed by atoms with Crippen LogP contribution in [0.5, 0.6) is 0 Å². The maximum atomic E-state index is 11.3. The van der Waals surface area contributed by atoms with Crippen molar-refractivity contribution in [2.24, 2.45) is 5.73 Å². The van der Waals surface area contributed by atoms with Crippen LogP contribution < -0.4 is 11.1 Å². The minimum absolute atomic E-state index is 0.322. The number of nitrogens with one attached hydrogen (secondary N) is 1. The van der Waals surface area contributed by atoms with Gasteiger partial charge in [0, 0.05) is 6.54 Å². The van der Waals surface area contributed by atoms with Crippen LogP contribution in [0.2, 0.25) is 0 Å². The Bertz CT molecular complexity index is 274. The highest BCUT2D eigenvalue weighted by Gasteiger charge is 2.16. The van der Waals surface area contributed by atoms with E-state index in [1.54, 1.807) is 27.7 Å². The van der Waals surface area contributed by atoms with Gasteiger partial charge in [-0.2, -0.15) is 0 Å². The quantitative estimate of drug-likeness (QED) is 0.553. The van der Waals surface area contributed by atoms with Crippen LogP contribution in [0, 0.1) is 0 Å². The molecule has 0 aliphatic rings. The van der Waals surface area contributed by atoms with Crippen LogP contribution in [0.25, 0.3) is 0 Å². The van der Waals surface area contributed by atoms with Crippen molar-refractivity contribution >= 4 is 12.1 Å². The Hall–Kier alpha value is -1.30. The molecule has 0 saturated carbocycles. The average Bonchev–Trinajstić information content (AvgIpc) is 2.21. The standard InChI is InChI=1S/C12H24N2O4/c1-5-17-10(15)9(13)7-6-8-14-11(16)18-12(2,3)4/h9H,5-8,13H2,1-4H3,(H,14,16). The second-order valence-electron chi connectivity index (χ2n) is 4.93. The van der Waals surface area contributed by atoms with Crippen LogP contribution in [0.3, 0.4) is 0 Å². The lowest BCUT2D eigenvalue weighted by Gasteiger charge is -2.19. The predicted molar refractivity (Wildman–Crippen MR) is 68.1 cm³/mol. The van der Waals surface area contributed by atoms with Crippen molar-refractivity contribution in [3.63, 3.8) is 0 Å². The molecule has 6 heteroatoms. The molecule has 0 aromatic carbocycles. The first kappa shape index (κ1) is 16.7. The maximum Gasteiger partial charge on any atom is 0.407 e. The van der Waals surface area contributed by atoms with Gasteiger partial charge in [0.2, 0.25) is 0 Å². The molecule has 0 radical (unpaired) electrons. The highest BCUT2D eigenvalue weighted by Crippen LogP contribution is 2.06. The number of ether oxygens (including phenoxy) is 2. The second-order valence-corrected chi connectivity index (χ2v) is 4.93. The molecule has 6 nitrogen and oxygen atoms in total. The Morgan fingerprint density at radius 2 is 1.94 bits per heavy atom. The third-order valence-corrected chi connectivity index (χ3v) is 1.95. The first-order chi connectivity index (χ1) is 8.26. The molecule has 0 spiro atoms. The Morgan fingerprint density at radius 3 is 2.44 bits per heavy atom. The van der Waals surface area contributed by atoms with Gasteiger partial charge in [-0.05, 0) is 40.5 Å². The highest BCUT2D eigenvalue weighted by molar-refractivity contribution is 5.75. The maximum absolute atomic E-state index is 11.3. The summed E-state index contributed by atoms with van der Waals surface area (Å²) in [5, 5.41) is 2.60. The number of esters is 1. The average molecular weight is 260 g/mol. The molecule has 18 heavy (non-hydrogen) atoms. The number of carbonyl (C=O) groups excluding carboxylic acids is 2. The monoisotopic (exact) mass is 260 g/mol. The number of rotatable bonds is 6. The van der Waals surface area contributed by atoms with E-state index in [4.69, 9.17) is 15.2 Å².